The number of rotatable bonds is 2. The molecular formula is C17H22ClN3S. The molecule has 0 saturated carbocycles. The summed E-state index contributed by atoms with van der Waals surface area (Å²) in [6.45, 7) is 5.51. The second-order valence-electron chi connectivity index (χ2n) is 6.80. The van der Waals surface area contributed by atoms with Gasteiger partial charge in [0.1, 0.15) is 15.8 Å². The number of thiophene rings is 1. The van der Waals surface area contributed by atoms with Crippen molar-refractivity contribution in [3.63, 3.8) is 0 Å². The highest BCUT2D eigenvalue weighted by atomic mass is 35.5. The van der Waals surface area contributed by atoms with E-state index in [1.165, 1.54) is 42.5 Å². The monoisotopic (exact) mass is 335 g/mol. The third-order valence-electron chi connectivity index (χ3n) is 4.97. The van der Waals surface area contributed by atoms with Gasteiger partial charge in [-0.25, -0.2) is 9.97 Å². The Morgan fingerprint density at radius 1 is 1.23 bits per heavy atom. The van der Waals surface area contributed by atoms with Gasteiger partial charge in [0.05, 0.1) is 11.9 Å². The highest BCUT2D eigenvalue weighted by Gasteiger charge is 2.23. The number of aromatic nitrogens is 2. The van der Waals surface area contributed by atoms with Crippen LogP contribution in [0.15, 0.2) is 0 Å². The Labute approximate surface area is 140 Å². The summed E-state index contributed by atoms with van der Waals surface area (Å²) in [6.07, 6.45) is 7.50. The van der Waals surface area contributed by atoms with Crippen molar-refractivity contribution < 1.29 is 0 Å². The molecule has 0 amide bonds. The third kappa shape index (κ3) is 2.77. The van der Waals surface area contributed by atoms with Gasteiger partial charge in [-0.1, -0.05) is 24.9 Å². The van der Waals surface area contributed by atoms with Crippen molar-refractivity contribution in [2.45, 2.75) is 52.0 Å². The van der Waals surface area contributed by atoms with Crippen LogP contribution in [0.3, 0.4) is 0 Å². The maximum Gasteiger partial charge on any atom is 0.145 e. The van der Waals surface area contributed by atoms with E-state index in [9.17, 15) is 0 Å². The van der Waals surface area contributed by atoms with Crippen molar-refractivity contribution >= 4 is 33.2 Å². The van der Waals surface area contributed by atoms with Crippen molar-refractivity contribution in [2.75, 3.05) is 13.1 Å². The van der Waals surface area contributed by atoms with Crippen LogP contribution in [0.1, 0.15) is 48.9 Å². The normalized spacial score (nSPS) is 22.9. The summed E-state index contributed by atoms with van der Waals surface area (Å²) in [5.74, 6) is 1.67. The number of nitrogens with zero attached hydrogens (tertiary/aromatic N) is 3. The number of piperidine rings is 1. The average molecular weight is 336 g/mol. The standard InChI is InChI=1S/C17H22ClN3S/c1-11-5-6-12-13(9-11)22-17-15(12)16(18)19-14(20-17)10-21-7-3-2-4-8-21/h11H,2-10H2,1H3/t11-/m1/s1. The molecule has 1 aliphatic carbocycles. The van der Waals surface area contributed by atoms with E-state index in [-0.39, 0.29) is 0 Å². The lowest BCUT2D eigenvalue weighted by molar-refractivity contribution is 0.216. The van der Waals surface area contributed by atoms with Gasteiger partial charge in [0, 0.05) is 4.88 Å². The summed E-state index contributed by atoms with van der Waals surface area (Å²) in [5, 5.41) is 1.81. The molecule has 118 valence electrons. The molecule has 0 aromatic carbocycles. The molecular weight excluding hydrogens is 314 g/mol. The van der Waals surface area contributed by atoms with Gasteiger partial charge in [-0.3, -0.25) is 4.90 Å². The fraction of sp³-hybridized carbons (Fsp3) is 0.647. The molecule has 22 heavy (non-hydrogen) atoms. The van der Waals surface area contributed by atoms with Crippen LogP contribution in [0.4, 0.5) is 0 Å². The number of hydrogen-bond acceptors (Lipinski definition) is 4. The predicted octanol–water partition coefficient (Wildman–Crippen LogP) is 4.46. The van der Waals surface area contributed by atoms with E-state index in [0.29, 0.717) is 5.15 Å². The van der Waals surface area contributed by atoms with E-state index in [2.05, 4.69) is 16.8 Å². The summed E-state index contributed by atoms with van der Waals surface area (Å²) >= 11 is 8.37. The van der Waals surface area contributed by atoms with Crippen molar-refractivity contribution in [1.82, 2.24) is 14.9 Å². The van der Waals surface area contributed by atoms with E-state index >= 15 is 0 Å². The van der Waals surface area contributed by atoms with Crippen molar-refractivity contribution in [3.05, 3.63) is 21.4 Å². The molecule has 0 spiro atoms. The Hall–Kier alpha value is -0.710. The first-order valence-electron chi connectivity index (χ1n) is 8.39. The van der Waals surface area contributed by atoms with Gasteiger partial charge >= 0.3 is 0 Å². The van der Waals surface area contributed by atoms with Gasteiger partial charge in [-0.05, 0) is 56.7 Å². The minimum absolute atomic E-state index is 0.670. The molecule has 0 unspecified atom stereocenters. The lowest BCUT2D eigenvalue weighted by Crippen LogP contribution is -2.29. The zero-order valence-corrected chi connectivity index (χ0v) is 14.6. The van der Waals surface area contributed by atoms with Crippen LogP contribution in [0.25, 0.3) is 10.2 Å². The molecule has 3 heterocycles. The quantitative estimate of drug-likeness (QED) is 0.759. The molecule has 1 aliphatic heterocycles. The highest BCUT2D eigenvalue weighted by molar-refractivity contribution is 7.19. The number of aryl methyl sites for hydroxylation is 1. The fourth-order valence-corrected chi connectivity index (χ4v) is 5.49. The Balaban J connectivity index is 1.67. The molecule has 0 radical (unpaired) electrons. The van der Waals surface area contributed by atoms with Crippen LogP contribution in [-0.4, -0.2) is 28.0 Å². The van der Waals surface area contributed by atoms with E-state index in [1.54, 1.807) is 0 Å². The van der Waals surface area contributed by atoms with Crippen LogP contribution in [0.5, 0.6) is 0 Å². The molecule has 4 rings (SSSR count). The first-order chi connectivity index (χ1) is 10.7. The molecule has 1 fully saturated rings. The Morgan fingerprint density at radius 2 is 2.05 bits per heavy atom. The number of fused-ring (bicyclic) bond motifs is 3. The SMILES string of the molecule is C[C@@H]1CCc2c(sc3nc(CN4CCCCC4)nc(Cl)c23)C1. The number of likely N-dealkylation sites (tertiary alicyclic amines) is 1. The summed E-state index contributed by atoms with van der Waals surface area (Å²) in [7, 11) is 0. The van der Waals surface area contributed by atoms with Crippen LogP contribution in [-0.2, 0) is 19.4 Å². The molecule has 0 N–H and O–H groups in total. The number of halogens is 1. The molecule has 1 saturated heterocycles. The van der Waals surface area contributed by atoms with E-state index in [0.717, 1.165) is 48.0 Å². The van der Waals surface area contributed by atoms with Gasteiger partial charge in [0.25, 0.3) is 0 Å². The maximum atomic E-state index is 6.53. The largest absolute Gasteiger partial charge is 0.296 e. The molecule has 5 heteroatoms. The maximum absolute atomic E-state index is 6.53. The molecule has 0 bridgehead atoms. The summed E-state index contributed by atoms with van der Waals surface area (Å²) in [5.41, 5.74) is 1.42. The smallest absolute Gasteiger partial charge is 0.145 e. The van der Waals surface area contributed by atoms with E-state index in [1.807, 2.05) is 11.3 Å². The van der Waals surface area contributed by atoms with Gasteiger partial charge in [-0.2, -0.15) is 0 Å². The Morgan fingerprint density at radius 3 is 2.86 bits per heavy atom. The molecule has 3 nitrogen and oxygen atoms in total. The second kappa shape index (κ2) is 6.06. The third-order valence-corrected chi connectivity index (χ3v) is 6.39. The average Bonchev–Trinajstić information content (AvgIpc) is 2.85. The number of hydrogen-bond donors (Lipinski definition) is 0. The summed E-state index contributed by atoms with van der Waals surface area (Å²) in [4.78, 5) is 14.5. The topological polar surface area (TPSA) is 29.0 Å². The lowest BCUT2D eigenvalue weighted by atomic mass is 9.89. The van der Waals surface area contributed by atoms with Crippen LogP contribution in [0.2, 0.25) is 5.15 Å². The first-order valence-corrected chi connectivity index (χ1v) is 9.59. The Kier molecular flexibility index (Phi) is 4.09. The minimum atomic E-state index is 0.670. The van der Waals surface area contributed by atoms with Crippen LogP contribution >= 0.6 is 22.9 Å². The predicted molar refractivity (Wildman–Crippen MR) is 92.7 cm³/mol. The first kappa shape index (κ1) is 14.9. The zero-order valence-electron chi connectivity index (χ0n) is 13.1. The zero-order chi connectivity index (χ0) is 15.1. The molecule has 1 atom stereocenters. The van der Waals surface area contributed by atoms with Gasteiger partial charge in [0.2, 0.25) is 0 Å². The van der Waals surface area contributed by atoms with Crippen molar-refractivity contribution in [1.29, 1.82) is 0 Å². The highest BCUT2D eigenvalue weighted by Crippen LogP contribution is 2.39. The van der Waals surface area contributed by atoms with Crippen molar-refractivity contribution in [2.24, 2.45) is 5.92 Å². The summed E-state index contributed by atoms with van der Waals surface area (Å²) < 4.78 is 0. The van der Waals surface area contributed by atoms with Gasteiger partial charge < -0.3 is 0 Å². The van der Waals surface area contributed by atoms with E-state index in [4.69, 9.17) is 16.6 Å². The minimum Gasteiger partial charge on any atom is -0.296 e. The fourth-order valence-electron chi connectivity index (χ4n) is 3.73. The summed E-state index contributed by atoms with van der Waals surface area (Å²) in [6, 6.07) is 0. The second-order valence-corrected chi connectivity index (χ2v) is 8.24. The van der Waals surface area contributed by atoms with Gasteiger partial charge in [-0.15, -0.1) is 11.3 Å². The lowest BCUT2D eigenvalue weighted by Gasteiger charge is -2.25. The van der Waals surface area contributed by atoms with Gasteiger partial charge in [0.15, 0.2) is 0 Å². The van der Waals surface area contributed by atoms with Crippen LogP contribution in [0, 0.1) is 5.92 Å². The molecule has 2 aliphatic rings. The van der Waals surface area contributed by atoms with E-state index < -0.39 is 0 Å². The van der Waals surface area contributed by atoms with Crippen molar-refractivity contribution in [3.8, 4) is 0 Å². The Bertz CT molecular complexity index is 691. The molecule has 2 aromatic heterocycles. The molecule has 2 aromatic rings. The van der Waals surface area contributed by atoms with Crippen LogP contribution < -0.4 is 0 Å².